The maximum atomic E-state index is 12.1. The van der Waals surface area contributed by atoms with Gasteiger partial charge in [-0.3, -0.25) is 4.79 Å². The second kappa shape index (κ2) is 8.66. The van der Waals surface area contributed by atoms with Crippen molar-refractivity contribution >= 4 is 23.2 Å². The number of amides is 1. The smallest absolute Gasteiger partial charge is 0.282 e. The maximum absolute atomic E-state index is 12.1. The molecule has 0 aliphatic rings. The first kappa shape index (κ1) is 18.9. The molecular formula is C19H20ClN4O3+. The van der Waals surface area contributed by atoms with Crippen LogP contribution < -0.4 is 15.0 Å². The van der Waals surface area contributed by atoms with Crippen LogP contribution in [0.5, 0.6) is 5.75 Å². The van der Waals surface area contributed by atoms with Gasteiger partial charge in [0.05, 0.1) is 14.2 Å². The SMILES string of the molecule is COc1ccc(-c2noc(C[NH+](C)CC(=O)Nc3ccc(Cl)cc3)n2)cc1. The third kappa shape index (κ3) is 5.29. The standard InChI is InChI=1S/C19H19ClN4O3/c1-24(11-17(25)21-15-7-5-14(20)6-8-15)12-18-22-19(23-27-18)13-3-9-16(26-2)10-4-13/h3-10H,11-12H2,1-2H3,(H,21,25)/p+1. The number of likely N-dealkylation sites (N-methyl/N-ethyl adjacent to an activating group) is 1. The second-order valence-electron chi connectivity index (χ2n) is 6.11. The third-order valence-electron chi connectivity index (χ3n) is 3.86. The minimum Gasteiger partial charge on any atom is -0.497 e. The van der Waals surface area contributed by atoms with Gasteiger partial charge in [0.25, 0.3) is 11.8 Å². The molecule has 2 aromatic carbocycles. The topological polar surface area (TPSA) is 81.7 Å². The lowest BCUT2D eigenvalue weighted by Gasteiger charge is -2.11. The first-order chi connectivity index (χ1) is 13.0. The highest BCUT2D eigenvalue weighted by molar-refractivity contribution is 6.30. The Morgan fingerprint density at radius 3 is 2.56 bits per heavy atom. The van der Waals surface area contributed by atoms with Crippen LogP contribution in [0.2, 0.25) is 5.02 Å². The molecule has 0 radical (unpaired) electrons. The number of benzene rings is 2. The molecule has 0 saturated carbocycles. The molecular weight excluding hydrogens is 368 g/mol. The normalized spacial score (nSPS) is 11.8. The summed E-state index contributed by atoms with van der Waals surface area (Å²) in [6, 6.07) is 14.4. The number of rotatable bonds is 7. The van der Waals surface area contributed by atoms with Crippen LogP contribution in [0.15, 0.2) is 53.1 Å². The second-order valence-corrected chi connectivity index (χ2v) is 6.54. The van der Waals surface area contributed by atoms with E-state index in [2.05, 4.69) is 15.5 Å². The molecule has 0 bridgehead atoms. The Balaban J connectivity index is 1.54. The number of carbonyl (C=O) groups is 1. The summed E-state index contributed by atoms with van der Waals surface area (Å²) in [6.45, 7) is 0.708. The van der Waals surface area contributed by atoms with E-state index in [9.17, 15) is 4.79 Å². The number of hydrogen-bond acceptors (Lipinski definition) is 5. The predicted molar refractivity (Wildman–Crippen MR) is 102 cm³/mol. The first-order valence-corrected chi connectivity index (χ1v) is 8.75. The molecule has 1 aromatic heterocycles. The van der Waals surface area contributed by atoms with Crippen LogP contribution in [0, 0.1) is 0 Å². The minimum absolute atomic E-state index is 0.107. The average Bonchev–Trinajstić information content (AvgIpc) is 3.12. The largest absolute Gasteiger partial charge is 0.497 e. The van der Waals surface area contributed by atoms with Gasteiger partial charge in [0, 0.05) is 16.3 Å². The molecule has 1 heterocycles. The van der Waals surface area contributed by atoms with Crippen LogP contribution >= 0.6 is 11.6 Å². The number of aromatic nitrogens is 2. The van der Waals surface area contributed by atoms with Crippen molar-refractivity contribution < 1.29 is 19.0 Å². The lowest BCUT2D eigenvalue weighted by atomic mass is 10.2. The van der Waals surface area contributed by atoms with E-state index in [0.717, 1.165) is 16.2 Å². The number of carbonyl (C=O) groups excluding carboxylic acids is 1. The molecule has 0 fully saturated rings. The first-order valence-electron chi connectivity index (χ1n) is 8.37. The lowest BCUT2D eigenvalue weighted by molar-refractivity contribution is -0.886. The number of hydrogen-bond donors (Lipinski definition) is 2. The van der Waals surface area contributed by atoms with Crippen molar-refractivity contribution in [3.63, 3.8) is 0 Å². The van der Waals surface area contributed by atoms with Gasteiger partial charge in [0.15, 0.2) is 13.1 Å². The van der Waals surface area contributed by atoms with Crippen molar-refractivity contribution in [1.82, 2.24) is 10.1 Å². The fourth-order valence-corrected chi connectivity index (χ4v) is 2.64. The summed E-state index contributed by atoms with van der Waals surface area (Å²) in [4.78, 5) is 17.5. The highest BCUT2D eigenvalue weighted by Crippen LogP contribution is 2.19. The molecule has 0 aliphatic carbocycles. The molecule has 2 N–H and O–H groups in total. The summed E-state index contributed by atoms with van der Waals surface area (Å²) in [6.07, 6.45) is 0. The predicted octanol–water partition coefficient (Wildman–Crippen LogP) is 2.05. The number of anilines is 1. The Labute approximate surface area is 161 Å². The number of nitrogens with one attached hydrogen (secondary N) is 2. The van der Waals surface area contributed by atoms with Gasteiger partial charge in [-0.2, -0.15) is 4.98 Å². The number of quaternary nitrogens is 1. The van der Waals surface area contributed by atoms with Crippen molar-refractivity contribution in [2.45, 2.75) is 6.54 Å². The quantitative estimate of drug-likeness (QED) is 0.648. The number of nitrogens with zero attached hydrogens (tertiary/aromatic N) is 2. The van der Waals surface area contributed by atoms with Crippen LogP contribution in [0.1, 0.15) is 5.89 Å². The molecule has 0 aliphatic heterocycles. The molecule has 3 rings (SSSR count). The molecule has 27 heavy (non-hydrogen) atoms. The fraction of sp³-hybridized carbons (Fsp3) is 0.211. The van der Waals surface area contributed by atoms with Crippen LogP contribution in [0.3, 0.4) is 0 Å². The van der Waals surface area contributed by atoms with E-state index in [0.29, 0.717) is 29.0 Å². The third-order valence-corrected chi connectivity index (χ3v) is 4.11. The van der Waals surface area contributed by atoms with Crippen LogP contribution in [0.4, 0.5) is 5.69 Å². The molecule has 1 unspecified atom stereocenters. The zero-order valence-corrected chi connectivity index (χ0v) is 15.8. The zero-order valence-electron chi connectivity index (χ0n) is 15.0. The number of halogens is 1. The molecule has 0 saturated heterocycles. The van der Waals surface area contributed by atoms with E-state index in [4.69, 9.17) is 20.9 Å². The molecule has 7 nitrogen and oxygen atoms in total. The molecule has 1 atom stereocenters. The van der Waals surface area contributed by atoms with E-state index >= 15 is 0 Å². The van der Waals surface area contributed by atoms with Gasteiger partial charge in [0.1, 0.15) is 5.75 Å². The number of methoxy groups -OCH3 is 1. The van der Waals surface area contributed by atoms with Crippen molar-refractivity contribution in [1.29, 1.82) is 0 Å². The Morgan fingerprint density at radius 2 is 1.89 bits per heavy atom. The van der Waals surface area contributed by atoms with Gasteiger partial charge < -0.3 is 19.5 Å². The highest BCUT2D eigenvalue weighted by Gasteiger charge is 2.16. The number of ether oxygens (including phenoxy) is 1. The van der Waals surface area contributed by atoms with Gasteiger partial charge in [-0.1, -0.05) is 16.8 Å². The Morgan fingerprint density at radius 1 is 1.19 bits per heavy atom. The van der Waals surface area contributed by atoms with E-state index in [1.165, 1.54) is 0 Å². The molecule has 0 spiro atoms. The van der Waals surface area contributed by atoms with Crippen molar-refractivity contribution in [2.75, 3.05) is 26.0 Å². The van der Waals surface area contributed by atoms with E-state index < -0.39 is 0 Å². The van der Waals surface area contributed by atoms with Gasteiger partial charge in [-0.15, -0.1) is 0 Å². The Hall–Kier alpha value is -2.90. The van der Waals surface area contributed by atoms with Gasteiger partial charge in [-0.25, -0.2) is 0 Å². The van der Waals surface area contributed by atoms with Gasteiger partial charge >= 0.3 is 0 Å². The van der Waals surface area contributed by atoms with Crippen LogP contribution in [0.25, 0.3) is 11.4 Å². The van der Waals surface area contributed by atoms with E-state index in [1.54, 1.807) is 31.4 Å². The van der Waals surface area contributed by atoms with Crippen LogP contribution in [-0.4, -0.2) is 36.8 Å². The molecule has 1 amide bonds. The zero-order chi connectivity index (χ0) is 19.2. The summed E-state index contributed by atoms with van der Waals surface area (Å²) in [7, 11) is 3.50. The summed E-state index contributed by atoms with van der Waals surface area (Å²) in [5.41, 5.74) is 1.54. The summed E-state index contributed by atoms with van der Waals surface area (Å²) >= 11 is 5.84. The lowest BCUT2D eigenvalue weighted by Crippen LogP contribution is -3.08. The molecule has 8 heteroatoms. The highest BCUT2D eigenvalue weighted by atomic mass is 35.5. The van der Waals surface area contributed by atoms with Gasteiger partial charge in [0.2, 0.25) is 5.82 Å². The summed E-state index contributed by atoms with van der Waals surface area (Å²) in [5, 5.41) is 7.45. The Kier molecular flexibility index (Phi) is 6.05. The Bertz CT molecular complexity index is 894. The summed E-state index contributed by atoms with van der Waals surface area (Å²) < 4.78 is 10.4. The molecule has 140 valence electrons. The van der Waals surface area contributed by atoms with Crippen molar-refractivity contribution in [2.24, 2.45) is 0 Å². The van der Waals surface area contributed by atoms with Crippen molar-refractivity contribution in [3.05, 3.63) is 59.4 Å². The minimum atomic E-state index is -0.107. The fourth-order valence-electron chi connectivity index (χ4n) is 2.52. The van der Waals surface area contributed by atoms with E-state index in [-0.39, 0.29) is 12.5 Å². The van der Waals surface area contributed by atoms with Crippen molar-refractivity contribution in [3.8, 4) is 17.1 Å². The van der Waals surface area contributed by atoms with Gasteiger partial charge in [-0.05, 0) is 48.5 Å². The summed E-state index contributed by atoms with van der Waals surface area (Å²) in [5.74, 6) is 1.63. The monoisotopic (exact) mass is 387 g/mol. The average molecular weight is 388 g/mol. The maximum Gasteiger partial charge on any atom is 0.282 e. The van der Waals surface area contributed by atoms with E-state index in [1.807, 2.05) is 31.3 Å². The van der Waals surface area contributed by atoms with Crippen LogP contribution in [-0.2, 0) is 11.3 Å². The molecule has 3 aromatic rings.